The zero-order chi connectivity index (χ0) is 24.2. The highest BCUT2D eigenvalue weighted by Gasteiger charge is 2.31. The number of Topliss-reactive ketones (excluding diaryl/α,β-unsaturated/α-hetero) is 1. The van der Waals surface area contributed by atoms with Crippen molar-refractivity contribution in [2.24, 2.45) is 0 Å². The predicted molar refractivity (Wildman–Crippen MR) is 130 cm³/mol. The molecule has 0 amide bonds. The number of hydrogen-bond acceptors (Lipinski definition) is 6. The molecule has 0 aliphatic carbocycles. The molecule has 0 spiro atoms. The lowest BCUT2D eigenvalue weighted by atomic mass is 10.1. The third-order valence-electron chi connectivity index (χ3n) is 6.39. The highest BCUT2D eigenvalue weighted by Crippen LogP contribution is 2.31. The number of ketones is 1. The zero-order valence-electron chi connectivity index (χ0n) is 18.6. The van der Waals surface area contributed by atoms with Crippen molar-refractivity contribution in [1.82, 2.24) is 14.1 Å². The fraction of sp³-hybridized carbons (Fsp3) is 0.292. The molecular weight excluding hydrogens is 477 g/mol. The smallest absolute Gasteiger partial charge is 0.263 e. The van der Waals surface area contributed by atoms with Crippen molar-refractivity contribution < 1.29 is 17.6 Å². The molecule has 1 atom stereocenters. The molecule has 10 heteroatoms. The summed E-state index contributed by atoms with van der Waals surface area (Å²) < 4.78 is 40.4. The lowest BCUT2D eigenvalue weighted by molar-refractivity contribution is 0.0970. The Morgan fingerprint density at radius 3 is 2.65 bits per heavy atom. The number of hydrogen-bond donors (Lipinski definition) is 0. The maximum absolute atomic E-state index is 13.3. The molecule has 0 radical (unpaired) electrons. The highest BCUT2D eigenvalue weighted by molar-refractivity contribution is 7.91. The molecule has 3 aromatic heterocycles. The third-order valence-corrected chi connectivity index (χ3v) is 9.02. The Balaban J connectivity index is 1.48. The monoisotopic (exact) mass is 499 g/mol. The standard InChI is InChI=1S/C24H22FN3O4S2/c1-14-9-19(15(2)28(14)18-7-8-34(31,32)12-18)21(29)10-27-13-26-23-22(24(27)30)20(11-33-23)16-3-5-17(25)6-4-16/h3-6,9,11,13,18H,7-8,10,12H2,1-2H3/t18-/m1/s1. The van der Waals surface area contributed by atoms with Gasteiger partial charge in [0.1, 0.15) is 10.6 Å². The molecule has 1 fully saturated rings. The molecule has 7 nitrogen and oxygen atoms in total. The van der Waals surface area contributed by atoms with Gasteiger partial charge in [-0.1, -0.05) is 12.1 Å². The van der Waals surface area contributed by atoms with Crippen molar-refractivity contribution in [2.45, 2.75) is 32.9 Å². The van der Waals surface area contributed by atoms with E-state index in [0.29, 0.717) is 39.0 Å². The van der Waals surface area contributed by atoms with Gasteiger partial charge in [0.15, 0.2) is 15.6 Å². The lowest BCUT2D eigenvalue weighted by Gasteiger charge is -2.16. The van der Waals surface area contributed by atoms with Crippen molar-refractivity contribution in [3.8, 4) is 11.1 Å². The van der Waals surface area contributed by atoms with Gasteiger partial charge in [-0.05, 0) is 44.0 Å². The van der Waals surface area contributed by atoms with E-state index in [4.69, 9.17) is 0 Å². The number of aryl methyl sites for hydroxylation is 1. The van der Waals surface area contributed by atoms with E-state index in [1.165, 1.54) is 34.4 Å². The molecule has 0 N–H and O–H groups in total. The van der Waals surface area contributed by atoms with Crippen LogP contribution in [-0.2, 0) is 16.4 Å². The molecular formula is C24H22FN3O4S2. The summed E-state index contributed by atoms with van der Waals surface area (Å²) in [4.78, 5) is 31.4. The number of carbonyl (C=O) groups is 1. The fourth-order valence-electron chi connectivity index (χ4n) is 4.76. The Kier molecular flexibility index (Phi) is 5.52. The van der Waals surface area contributed by atoms with Crippen LogP contribution in [0.5, 0.6) is 0 Å². The van der Waals surface area contributed by atoms with Crippen molar-refractivity contribution in [2.75, 3.05) is 11.5 Å². The van der Waals surface area contributed by atoms with Crippen molar-refractivity contribution in [1.29, 1.82) is 0 Å². The van der Waals surface area contributed by atoms with Gasteiger partial charge in [-0.25, -0.2) is 17.8 Å². The molecule has 4 aromatic rings. The summed E-state index contributed by atoms with van der Waals surface area (Å²) >= 11 is 1.32. The summed E-state index contributed by atoms with van der Waals surface area (Å²) in [6, 6.07) is 7.46. The van der Waals surface area contributed by atoms with Gasteiger partial charge in [0.05, 0.1) is 29.8 Å². The van der Waals surface area contributed by atoms with Crippen molar-refractivity contribution in [3.05, 3.63) is 75.2 Å². The summed E-state index contributed by atoms with van der Waals surface area (Å²) in [6.45, 7) is 3.48. The molecule has 0 bridgehead atoms. The van der Waals surface area contributed by atoms with Crippen LogP contribution >= 0.6 is 11.3 Å². The Morgan fingerprint density at radius 2 is 1.97 bits per heavy atom. The van der Waals surface area contributed by atoms with Gasteiger partial charge in [-0.2, -0.15) is 0 Å². The average Bonchev–Trinajstić information content (AvgIpc) is 3.46. The van der Waals surface area contributed by atoms with Crippen LogP contribution in [0.3, 0.4) is 0 Å². The number of rotatable bonds is 5. The van der Waals surface area contributed by atoms with Crippen LogP contribution < -0.4 is 5.56 Å². The van der Waals surface area contributed by atoms with Crippen LogP contribution in [0.2, 0.25) is 0 Å². The summed E-state index contributed by atoms with van der Waals surface area (Å²) in [6.07, 6.45) is 1.90. The van der Waals surface area contributed by atoms with Gasteiger partial charge in [0.2, 0.25) is 0 Å². The van der Waals surface area contributed by atoms with E-state index in [0.717, 1.165) is 5.69 Å². The number of aromatic nitrogens is 3. The van der Waals surface area contributed by atoms with Crippen LogP contribution in [0, 0.1) is 19.7 Å². The van der Waals surface area contributed by atoms with E-state index in [1.807, 2.05) is 16.9 Å². The third kappa shape index (κ3) is 3.90. The number of benzene rings is 1. The molecule has 34 heavy (non-hydrogen) atoms. The summed E-state index contributed by atoms with van der Waals surface area (Å²) in [5, 5.41) is 2.20. The van der Waals surface area contributed by atoms with Crippen LogP contribution in [0.15, 0.2) is 46.8 Å². The first-order chi connectivity index (χ1) is 16.1. The lowest BCUT2D eigenvalue weighted by Crippen LogP contribution is -2.25. The molecule has 1 aromatic carbocycles. The molecule has 176 valence electrons. The van der Waals surface area contributed by atoms with Crippen LogP contribution in [-0.4, -0.2) is 39.8 Å². The second-order valence-electron chi connectivity index (χ2n) is 8.65. The number of sulfone groups is 1. The van der Waals surface area contributed by atoms with Crippen LogP contribution in [0.4, 0.5) is 4.39 Å². The van der Waals surface area contributed by atoms with E-state index < -0.39 is 9.84 Å². The Labute approximate surface area is 199 Å². The molecule has 5 rings (SSSR count). The SMILES string of the molecule is Cc1cc(C(=O)Cn2cnc3scc(-c4ccc(F)cc4)c3c2=O)c(C)n1[C@@H]1CCS(=O)(=O)C1. The molecule has 0 unspecified atom stereocenters. The van der Waals surface area contributed by atoms with Gasteiger partial charge in [-0.3, -0.25) is 14.2 Å². The summed E-state index contributed by atoms with van der Waals surface area (Å²) in [7, 11) is -3.07. The van der Waals surface area contributed by atoms with E-state index in [9.17, 15) is 22.4 Å². The predicted octanol–water partition coefficient (Wildman–Crippen LogP) is 3.92. The molecule has 1 saturated heterocycles. The summed E-state index contributed by atoms with van der Waals surface area (Å²) in [5.41, 5.74) is 3.01. The number of nitrogens with zero attached hydrogens (tertiary/aromatic N) is 3. The van der Waals surface area contributed by atoms with Crippen molar-refractivity contribution in [3.63, 3.8) is 0 Å². The normalized spacial score (nSPS) is 17.4. The number of halogens is 1. The van der Waals surface area contributed by atoms with E-state index in [2.05, 4.69) is 4.98 Å². The minimum Gasteiger partial charge on any atom is -0.344 e. The van der Waals surface area contributed by atoms with E-state index in [1.54, 1.807) is 25.1 Å². The largest absolute Gasteiger partial charge is 0.344 e. The summed E-state index contributed by atoms with van der Waals surface area (Å²) in [5.74, 6) is -0.392. The van der Waals surface area contributed by atoms with Gasteiger partial charge in [0.25, 0.3) is 5.56 Å². The first-order valence-corrected chi connectivity index (χ1v) is 13.5. The van der Waals surface area contributed by atoms with Crippen LogP contribution in [0.25, 0.3) is 21.3 Å². The molecule has 1 aliphatic rings. The fourth-order valence-corrected chi connectivity index (χ4v) is 7.37. The second kappa shape index (κ2) is 8.28. The highest BCUT2D eigenvalue weighted by atomic mass is 32.2. The molecule has 1 aliphatic heterocycles. The quantitative estimate of drug-likeness (QED) is 0.388. The second-order valence-corrected chi connectivity index (χ2v) is 11.7. The Bertz CT molecular complexity index is 1600. The number of carbonyl (C=O) groups excluding carboxylic acids is 1. The van der Waals surface area contributed by atoms with Gasteiger partial charge >= 0.3 is 0 Å². The first-order valence-electron chi connectivity index (χ1n) is 10.8. The van der Waals surface area contributed by atoms with Gasteiger partial charge in [-0.15, -0.1) is 11.3 Å². The average molecular weight is 500 g/mol. The minimum atomic E-state index is -3.07. The first kappa shape index (κ1) is 22.7. The Morgan fingerprint density at radius 1 is 1.24 bits per heavy atom. The molecule has 0 saturated carbocycles. The van der Waals surface area contributed by atoms with Gasteiger partial charge < -0.3 is 4.57 Å². The van der Waals surface area contributed by atoms with Crippen LogP contribution in [0.1, 0.15) is 34.2 Å². The van der Waals surface area contributed by atoms with E-state index >= 15 is 0 Å². The maximum Gasteiger partial charge on any atom is 0.263 e. The number of thiophene rings is 1. The van der Waals surface area contributed by atoms with E-state index in [-0.39, 0.29) is 41.3 Å². The molecule has 4 heterocycles. The number of fused-ring (bicyclic) bond motifs is 1. The van der Waals surface area contributed by atoms with Crippen molar-refractivity contribution >= 4 is 37.2 Å². The van der Waals surface area contributed by atoms with Gasteiger partial charge in [0, 0.05) is 33.9 Å². The topological polar surface area (TPSA) is 91.0 Å². The maximum atomic E-state index is 13.3. The minimum absolute atomic E-state index is 0.0708. The zero-order valence-corrected chi connectivity index (χ0v) is 20.2. The Hall–Kier alpha value is -3.11.